The largest absolute Gasteiger partial charge is 0.407 e. The second-order valence-electron chi connectivity index (χ2n) is 1.54. The Morgan fingerprint density at radius 1 is 1.56 bits per heavy atom. The molecule has 4 heteroatoms. The summed E-state index contributed by atoms with van der Waals surface area (Å²) in [5, 5.41) is 2.05. The molecule has 0 aliphatic rings. The van der Waals surface area contributed by atoms with Crippen LogP contribution in [0.25, 0.3) is 0 Å². The van der Waals surface area contributed by atoms with Crippen LogP contribution in [0.4, 0.5) is 13.2 Å². The van der Waals surface area contributed by atoms with E-state index in [1.165, 1.54) is 7.05 Å². The van der Waals surface area contributed by atoms with Gasteiger partial charge in [-0.25, -0.2) is 0 Å². The molecule has 0 saturated heterocycles. The second-order valence-corrected chi connectivity index (χ2v) is 1.54. The molecule has 54 valence electrons. The van der Waals surface area contributed by atoms with Gasteiger partial charge in [0.1, 0.15) is 6.04 Å². The first-order valence-corrected chi connectivity index (χ1v) is 2.39. The lowest BCUT2D eigenvalue weighted by Gasteiger charge is -2.14. The number of halogens is 3. The van der Waals surface area contributed by atoms with E-state index in [0.717, 1.165) is 6.08 Å². The Bertz CT molecular complexity index is 96.9. The Balaban J connectivity index is 3.94. The molecule has 0 aromatic carbocycles. The highest BCUT2D eigenvalue weighted by Gasteiger charge is 2.35. The molecule has 0 aliphatic carbocycles. The fourth-order valence-electron chi connectivity index (χ4n) is 0.415. The SMILES string of the molecule is C=CC(NC)C(F)(F)F. The fourth-order valence-corrected chi connectivity index (χ4v) is 0.415. The van der Waals surface area contributed by atoms with Crippen molar-refractivity contribution in [1.29, 1.82) is 0 Å². The van der Waals surface area contributed by atoms with Gasteiger partial charge < -0.3 is 5.32 Å². The molecule has 9 heavy (non-hydrogen) atoms. The molecule has 0 rings (SSSR count). The number of likely N-dealkylation sites (N-methyl/N-ethyl adjacent to an activating group) is 1. The molecule has 0 spiro atoms. The molecule has 1 nitrogen and oxygen atoms in total. The molecule has 1 unspecified atom stereocenters. The lowest BCUT2D eigenvalue weighted by molar-refractivity contribution is -0.143. The van der Waals surface area contributed by atoms with Crippen molar-refractivity contribution in [2.45, 2.75) is 12.2 Å². The van der Waals surface area contributed by atoms with Gasteiger partial charge in [0.15, 0.2) is 0 Å². The summed E-state index contributed by atoms with van der Waals surface area (Å²) < 4.78 is 34.8. The van der Waals surface area contributed by atoms with Crippen LogP contribution in [0.3, 0.4) is 0 Å². The van der Waals surface area contributed by atoms with E-state index in [1.807, 2.05) is 5.32 Å². The van der Waals surface area contributed by atoms with Gasteiger partial charge in [-0.2, -0.15) is 13.2 Å². The zero-order chi connectivity index (χ0) is 7.49. The molecule has 1 N–H and O–H groups in total. The summed E-state index contributed by atoms with van der Waals surface area (Å²) in [5.74, 6) is 0. The predicted molar refractivity (Wildman–Crippen MR) is 29.1 cm³/mol. The predicted octanol–water partition coefficient (Wildman–Crippen LogP) is 1.32. The van der Waals surface area contributed by atoms with Gasteiger partial charge in [-0.3, -0.25) is 0 Å². The first kappa shape index (κ1) is 8.49. The van der Waals surface area contributed by atoms with Gasteiger partial charge in [0, 0.05) is 0 Å². The zero-order valence-electron chi connectivity index (χ0n) is 5.00. The van der Waals surface area contributed by atoms with E-state index in [4.69, 9.17) is 0 Å². The highest BCUT2D eigenvalue weighted by atomic mass is 19.4. The normalized spacial score (nSPS) is 15.1. The fraction of sp³-hybridized carbons (Fsp3) is 0.600. The molecule has 0 amide bonds. The topological polar surface area (TPSA) is 12.0 Å². The maximum absolute atomic E-state index is 11.6. The van der Waals surface area contributed by atoms with Crippen LogP contribution in [0.2, 0.25) is 0 Å². The minimum absolute atomic E-state index is 0.819. The Morgan fingerprint density at radius 3 is 2.00 bits per heavy atom. The van der Waals surface area contributed by atoms with Gasteiger partial charge in [0.2, 0.25) is 0 Å². The summed E-state index contributed by atoms with van der Waals surface area (Å²) in [4.78, 5) is 0. The van der Waals surface area contributed by atoms with Gasteiger partial charge in [0.25, 0.3) is 0 Å². The van der Waals surface area contributed by atoms with Crippen molar-refractivity contribution in [1.82, 2.24) is 5.32 Å². The second kappa shape index (κ2) is 2.87. The minimum atomic E-state index is -4.21. The standard InChI is InChI=1S/C5H8F3N/c1-3-4(9-2)5(6,7)8/h3-4,9H,1H2,2H3. The van der Waals surface area contributed by atoms with Crippen molar-refractivity contribution in [3.8, 4) is 0 Å². The van der Waals surface area contributed by atoms with Crippen molar-refractivity contribution < 1.29 is 13.2 Å². The third kappa shape index (κ3) is 2.51. The summed E-state index contributed by atoms with van der Waals surface area (Å²) in [5.41, 5.74) is 0. The number of hydrogen-bond acceptors (Lipinski definition) is 1. The van der Waals surface area contributed by atoms with Gasteiger partial charge in [0.05, 0.1) is 0 Å². The summed E-state index contributed by atoms with van der Waals surface area (Å²) >= 11 is 0. The number of rotatable bonds is 2. The molecule has 0 radical (unpaired) electrons. The average Bonchev–Trinajstić information content (AvgIpc) is 1.65. The summed E-state index contributed by atoms with van der Waals surface area (Å²) in [6.07, 6.45) is -3.39. The Hall–Kier alpha value is -0.510. The van der Waals surface area contributed by atoms with Crippen LogP contribution in [0.15, 0.2) is 12.7 Å². The summed E-state index contributed by atoms with van der Waals surface area (Å²) in [6.45, 7) is 3.02. The van der Waals surface area contributed by atoms with Crippen molar-refractivity contribution in [2.75, 3.05) is 7.05 Å². The smallest absolute Gasteiger partial charge is 0.306 e. The van der Waals surface area contributed by atoms with E-state index in [0.29, 0.717) is 0 Å². The minimum Gasteiger partial charge on any atom is -0.306 e. The monoisotopic (exact) mass is 139 g/mol. The third-order valence-electron chi connectivity index (χ3n) is 0.899. The molecule has 0 aromatic rings. The third-order valence-corrected chi connectivity index (χ3v) is 0.899. The van der Waals surface area contributed by atoms with Crippen LogP contribution in [-0.2, 0) is 0 Å². The van der Waals surface area contributed by atoms with Gasteiger partial charge in [-0.15, -0.1) is 6.58 Å². The first-order chi connectivity index (χ1) is 4.02. The van der Waals surface area contributed by atoms with Gasteiger partial charge >= 0.3 is 6.18 Å². The van der Waals surface area contributed by atoms with E-state index < -0.39 is 12.2 Å². The van der Waals surface area contributed by atoms with Crippen molar-refractivity contribution in [3.63, 3.8) is 0 Å². The average molecular weight is 139 g/mol. The zero-order valence-corrected chi connectivity index (χ0v) is 5.00. The van der Waals surface area contributed by atoms with Crippen LogP contribution < -0.4 is 5.32 Å². The summed E-state index contributed by atoms with van der Waals surface area (Å²) in [6, 6.07) is -1.59. The number of nitrogens with one attached hydrogen (secondary N) is 1. The molecule has 0 fully saturated rings. The van der Waals surface area contributed by atoms with Crippen molar-refractivity contribution in [3.05, 3.63) is 12.7 Å². The van der Waals surface area contributed by atoms with E-state index in [1.54, 1.807) is 0 Å². The molecule has 0 bridgehead atoms. The molecular weight excluding hydrogens is 131 g/mol. The Kier molecular flexibility index (Phi) is 2.70. The Labute approximate surface area is 51.6 Å². The first-order valence-electron chi connectivity index (χ1n) is 2.39. The molecule has 0 aliphatic heterocycles. The molecule has 1 atom stereocenters. The molecule has 0 aromatic heterocycles. The number of alkyl halides is 3. The highest BCUT2D eigenvalue weighted by Crippen LogP contribution is 2.19. The van der Waals surface area contributed by atoms with Crippen molar-refractivity contribution in [2.24, 2.45) is 0 Å². The van der Waals surface area contributed by atoms with Crippen molar-refractivity contribution >= 4 is 0 Å². The van der Waals surface area contributed by atoms with Crippen LogP contribution in [0, 0.1) is 0 Å². The van der Waals surface area contributed by atoms with Gasteiger partial charge in [-0.1, -0.05) is 6.08 Å². The van der Waals surface area contributed by atoms with E-state index in [-0.39, 0.29) is 0 Å². The van der Waals surface area contributed by atoms with E-state index >= 15 is 0 Å². The van der Waals surface area contributed by atoms with E-state index in [2.05, 4.69) is 6.58 Å². The Morgan fingerprint density at radius 2 is 2.00 bits per heavy atom. The lowest BCUT2D eigenvalue weighted by Crippen LogP contribution is -2.37. The molecule has 0 heterocycles. The van der Waals surface area contributed by atoms with Crippen LogP contribution in [0.1, 0.15) is 0 Å². The molecule has 0 saturated carbocycles. The summed E-state index contributed by atoms with van der Waals surface area (Å²) in [7, 11) is 1.24. The lowest BCUT2D eigenvalue weighted by atomic mass is 10.3. The van der Waals surface area contributed by atoms with Crippen LogP contribution >= 0.6 is 0 Å². The van der Waals surface area contributed by atoms with E-state index in [9.17, 15) is 13.2 Å². The molecular formula is C5H8F3N. The maximum Gasteiger partial charge on any atom is 0.407 e. The van der Waals surface area contributed by atoms with Gasteiger partial charge in [-0.05, 0) is 7.05 Å². The maximum atomic E-state index is 11.6. The van der Waals surface area contributed by atoms with Crippen LogP contribution in [-0.4, -0.2) is 19.3 Å². The quantitative estimate of drug-likeness (QED) is 0.569. The number of hydrogen-bond donors (Lipinski definition) is 1. The van der Waals surface area contributed by atoms with Crippen LogP contribution in [0.5, 0.6) is 0 Å². The highest BCUT2D eigenvalue weighted by molar-refractivity contribution is 4.89.